The Bertz CT molecular complexity index is 1160. The van der Waals surface area contributed by atoms with Crippen LogP contribution in [-0.2, 0) is 11.2 Å². The number of pyridine rings is 1. The van der Waals surface area contributed by atoms with Gasteiger partial charge in [0.1, 0.15) is 0 Å². The molecule has 2 aliphatic rings. The average molecular weight is 431 g/mol. The third-order valence-corrected chi connectivity index (χ3v) is 6.43. The molecule has 1 unspecified atom stereocenters. The minimum atomic E-state index is -0.470. The minimum Gasteiger partial charge on any atom is -0.339 e. The number of carbonyl (C=O) groups excluding carboxylic acids is 3. The molecule has 2 aromatic heterocycles. The van der Waals surface area contributed by atoms with E-state index in [0.29, 0.717) is 19.0 Å². The number of piperidine rings is 1. The molecule has 0 saturated carbocycles. The quantitative estimate of drug-likeness (QED) is 0.663. The SMILES string of the molecule is O=C1NCC(c2c(CC3CCN(C(=O)c4ccccc4)CC3)nn3ccccc23)C(=O)N1. The van der Waals surface area contributed by atoms with Crippen molar-refractivity contribution in [3.63, 3.8) is 0 Å². The van der Waals surface area contributed by atoms with Crippen molar-refractivity contribution in [3.05, 3.63) is 71.5 Å². The van der Waals surface area contributed by atoms with Gasteiger partial charge < -0.3 is 10.2 Å². The summed E-state index contributed by atoms with van der Waals surface area (Å²) in [4.78, 5) is 38.8. The lowest BCUT2D eigenvalue weighted by Gasteiger charge is -2.32. The van der Waals surface area contributed by atoms with Gasteiger partial charge in [0.15, 0.2) is 0 Å². The maximum atomic E-state index is 12.7. The first-order valence-corrected chi connectivity index (χ1v) is 11.0. The number of nitrogens with one attached hydrogen (secondary N) is 2. The molecule has 0 spiro atoms. The van der Waals surface area contributed by atoms with E-state index < -0.39 is 11.9 Å². The standard InChI is InChI=1S/C24H25N5O3/c30-22-18(15-25-24(32)26-22)21-19(27-29-11-5-4-8-20(21)29)14-16-9-12-28(13-10-16)23(31)17-6-2-1-3-7-17/h1-8,11,16,18H,9-10,12-15H2,(H2,25,26,30,32). The predicted molar refractivity (Wildman–Crippen MR) is 118 cm³/mol. The summed E-state index contributed by atoms with van der Waals surface area (Å²) in [6.07, 6.45) is 4.39. The molecule has 2 saturated heterocycles. The largest absolute Gasteiger partial charge is 0.339 e. The Morgan fingerprint density at radius 2 is 1.78 bits per heavy atom. The number of hydrogen-bond donors (Lipinski definition) is 2. The van der Waals surface area contributed by atoms with Crippen LogP contribution < -0.4 is 10.6 Å². The van der Waals surface area contributed by atoms with Gasteiger partial charge in [-0.3, -0.25) is 14.9 Å². The van der Waals surface area contributed by atoms with Crippen molar-refractivity contribution in [2.75, 3.05) is 19.6 Å². The lowest BCUT2D eigenvalue weighted by molar-refractivity contribution is -0.122. The molecule has 0 bridgehead atoms. The van der Waals surface area contributed by atoms with Gasteiger partial charge in [0, 0.05) is 37.0 Å². The van der Waals surface area contributed by atoms with Gasteiger partial charge in [-0.2, -0.15) is 5.10 Å². The summed E-state index contributed by atoms with van der Waals surface area (Å²) in [7, 11) is 0. The number of rotatable bonds is 4. The molecule has 2 fully saturated rings. The number of hydrogen-bond acceptors (Lipinski definition) is 4. The summed E-state index contributed by atoms with van der Waals surface area (Å²) in [6.45, 7) is 1.68. The molecule has 0 radical (unpaired) electrons. The van der Waals surface area contributed by atoms with Crippen LogP contribution in [0, 0.1) is 5.92 Å². The van der Waals surface area contributed by atoms with E-state index in [1.807, 2.05) is 64.1 Å². The topological polar surface area (TPSA) is 95.8 Å². The van der Waals surface area contributed by atoms with E-state index in [-0.39, 0.29) is 18.4 Å². The molecule has 4 amide bonds. The third-order valence-electron chi connectivity index (χ3n) is 6.43. The highest BCUT2D eigenvalue weighted by molar-refractivity contribution is 6.01. The molecular formula is C24H25N5O3. The van der Waals surface area contributed by atoms with Gasteiger partial charge in [-0.25, -0.2) is 9.31 Å². The Hall–Kier alpha value is -3.68. The van der Waals surface area contributed by atoms with Crippen molar-refractivity contribution in [3.8, 4) is 0 Å². The molecule has 4 heterocycles. The fourth-order valence-corrected chi connectivity index (χ4v) is 4.74. The lowest BCUT2D eigenvalue weighted by atomic mass is 9.87. The molecule has 2 aliphatic heterocycles. The number of carbonyl (C=O) groups is 3. The molecule has 8 nitrogen and oxygen atoms in total. The van der Waals surface area contributed by atoms with E-state index in [0.717, 1.165) is 41.6 Å². The van der Waals surface area contributed by atoms with Gasteiger partial charge in [-0.15, -0.1) is 0 Å². The average Bonchev–Trinajstić information content (AvgIpc) is 3.17. The Kier molecular flexibility index (Phi) is 5.34. The van der Waals surface area contributed by atoms with Crippen LogP contribution in [0.2, 0.25) is 0 Å². The number of fused-ring (bicyclic) bond motifs is 1. The van der Waals surface area contributed by atoms with Gasteiger partial charge in [0.05, 0.1) is 17.1 Å². The second-order valence-electron chi connectivity index (χ2n) is 8.45. The van der Waals surface area contributed by atoms with Crippen molar-refractivity contribution in [2.24, 2.45) is 5.92 Å². The summed E-state index contributed by atoms with van der Waals surface area (Å²) in [6, 6.07) is 14.7. The fraction of sp³-hybridized carbons (Fsp3) is 0.333. The van der Waals surface area contributed by atoms with Crippen molar-refractivity contribution in [1.29, 1.82) is 0 Å². The van der Waals surface area contributed by atoms with Gasteiger partial charge >= 0.3 is 6.03 Å². The maximum Gasteiger partial charge on any atom is 0.321 e. The molecule has 1 aromatic carbocycles. The highest BCUT2D eigenvalue weighted by Gasteiger charge is 2.33. The third kappa shape index (κ3) is 3.84. The predicted octanol–water partition coefficient (Wildman–Crippen LogP) is 2.35. The molecule has 3 aromatic rings. The molecule has 164 valence electrons. The van der Waals surface area contributed by atoms with Gasteiger partial charge in [0.25, 0.3) is 5.91 Å². The first-order chi connectivity index (χ1) is 15.6. The first-order valence-electron chi connectivity index (χ1n) is 11.0. The van der Waals surface area contributed by atoms with Crippen molar-refractivity contribution in [2.45, 2.75) is 25.2 Å². The number of urea groups is 1. The van der Waals surface area contributed by atoms with Crippen molar-refractivity contribution < 1.29 is 14.4 Å². The summed E-state index contributed by atoms with van der Waals surface area (Å²) < 4.78 is 1.81. The summed E-state index contributed by atoms with van der Waals surface area (Å²) in [5.41, 5.74) is 3.38. The van der Waals surface area contributed by atoms with Gasteiger partial charge in [-0.05, 0) is 49.4 Å². The number of nitrogens with zero attached hydrogens (tertiary/aromatic N) is 3. The van der Waals surface area contributed by atoms with Crippen molar-refractivity contribution >= 4 is 23.4 Å². The summed E-state index contributed by atoms with van der Waals surface area (Å²) >= 11 is 0. The van der Waals surface area contributed by atoms with E-state index in [1.165, 1.54) is 0 Å². The molecular weight excluding hydrogens is 406 g/mol. The van der Waals surface area contributed by atoms with E-state index in [9.17, 15) is 14.4 Å². The van der Waals surface area contributed by atoms with E-state index >= 15 is 0 Å². The Morgan fingerprint density at radius 3 is 2.53 bits per heavy atom. The van der Waals surface area contributed by atoms with Crippen LogP contribution in [0.3, 0.4) is 0 Å². The van der Waals surface area contributed by atoms with Crippen LogP contribution >= 0.6 is 0 Å². The monoisotopic (exact) mass is 431 g/mol. The second-order valence-corrected chi connectivity index (χ2v) is 8.45. The number of imide groups is 1. The Labute approximate surface area is 185 Å². The molecule has 8 heteroatoms. The van der Waals surface area contributed by atoms with E-state index in [4.69, 9.17) is 5.10 Å². The maximum absolute atomic E-state index is 12.7. The number of amides is 4. The zero-order valence-electron chi connectivity index (χ0n) is 17.7. The smallest absolute Gasteiger partial charge is 0.321 e. The molecule has 5 rings (SSSR count). The normalized spacial score (nSPS) is 19.6. The van der Waals surface area contributed by atoms with Crippen molar-refractivity contribution in [1.82, 2.24) is 25.1 Å². The Balaban J connectivity index is 1.33. The molecule has 2 N–H and O–H groups in total. The van der Waals surface area contributed by atoms with Crippen LogP contribution in [0.15, 0.2) is 54.7 Å². The van der Waals surface area contributed by atoms with Crippen LogP contribution in [-0.4, -0.2) is 52.0 Å². The fourth-order valence-electron chi connectivity index (χ4n) is 4.74. The number of benzene rings is 1. The second kappa shape index (κ2) is 8.45. The first kappa shape index (κ1) is 20.2. The Morgan fingerprint density at radius 1 is 1.03 bits per heavy atom. The lowest BCUT2D eigenvalue weighted by Crippen LogP contribution is -2.51. The van der Waals surface area contributed by atoms with Gasteiger partial charge in [0.2, 0.25) is 5.91 Å². The zero-order chi connectivity index (χ0) is 22.1. The molecule has 0 aliphatic carbocycles. The van der Waals surface area contributed by atoms with Crippen LogP contribution in [0.5, 0.6) is 0 Å². The van der Waals surface area contributed by atoms with E-state index in [2.05, 4.69) is 10.6 Å². The minimum absolute atomic E-state index is 0.0760. The summed E-state index contributed by atoms with van der Waals surface area (Å²) in [5.74, 6) is -0.314. The van der Waals surface area contributed by atoms with Crippen LogP contribution in [0.4, 0.5) is 4.79 Å². The summed E-state index contributed by atoms with van der Waals surface area (Å²) in [5, 5.41) is 9.89. The number of likely N-dealkylation sites (tertiary alicyclic amines) is 1. The zero-order valence-corrected chi connectivity index (χ0v) is 17.7. The highest BCUT2D eigenvalue weighted by Crippen LogP contribution is 2.30. The molecule has 1 atom stereocenters. The van der Waals surface area contributed by atoms with E-state index in [1.54, 1.807) is 0 Å². The molecule has 32 heavy (non-hydrogen) atoms. The highest BCUT2D eigenvalue weighted by atomic mass is 16.2. The van der Waals surface area contributed by atoms with Crippen LogP contribution in [0.1, 0.15) is 40.4 Å². The number of aromatic nitrogens is 2. The van der Waals surface area contributed by atoms with Gasteiger partial charge in [-0.1, -0.05) is 24.3 Å². The van der Waals surface area contributed by atoms with Crippen LogP contribution in [0.25, 0.3) is 5.52 Å².